The molecule has 0 heterocycles. The van der Waals surface area contributed by atoms with Crippen LogP contribution < -0.4 is 0 Å². The van der Waals surface area contributed by atoms with E-state index in [1.165, 1.54) is 109 Å². The molecular weight excluding hydrogens is 787 g/mol. The van der Waals surface area contributed by atoms with Crippen LogP contribution in [0.4, 0.5) is 0 Å². The Balaban J connectivity index is 4.27. The zero-order chi connectivity index (χ0) is 46.3. The number of rotatable bonds is 46. The third kappa shape index (κ3) is 44.0. The number of ether oxygens (including phenoxy) is 3. The van der Waals surface area contributed by atoms with Crippen LogP contribution in [0.1, 0.15) is 219 Å². The average Bonchev–Trinajstić information content (AvgIpc) is 3.24. The SMILES string of the molecule is CC/C=C/C/C=C/C/C=C/CCCCCCCCCCCCCC(=O)OC(COCCC(C(=O)O)[N+](C)(C)C)COC(=O)CCCCCCC/C=C/C=C/CCCCCCCCC. The van der Waals surface area contributed by atoms with Crippen LogP contribution in [0.25, 0.3) is 0 Å². The Kier molecular flexibility index (Phi) is 43.4. The zero-order valence-electron chi connectivity index (χ0n) is 41.5. The van der Waals surface area contributed by atoms with E-state index in [4.69, 9.17) is 14.2 Å². The van der Waals surface area contributed by atoms with Crippen LogP contribution in [0.3, 0.4) is 0 Å². The second-order valence-electron chi connectivity index (χ2n) is 18.4. The number of unbranched alkanes of at least 4 members (excludes halogenated alkanes) is 23. The molecule has 0 aromatic carbocycles. The Morgan fingerprint density at radius 2 is 0.937 bits per heavy atom. The Morgan fingerprint density at radius 1 is 0.508 bits per heavy atom. The van der Waals surface area contributed by atoms with Crippen molar-refractivity contribution in [1.29, 1.82) is 0 Å². The second kappa shape index (κ2) is 45.6. The van der Waals surface area contributed by atoms with Gasteiger partial charge in [0.25, 0.3) is 0 Å². The summed E-state index contributed by atoms with van der Waals surface area (Å²) in [5, 5.41) is 9.66. The first-order chi connectivity index (χ1) is 30.6. The number of esters is 2. The first-order valence-electron chi connectivity index (χ1n) is 25.8. The average molecular weight is 885 g/mol. The number of aliphatic carboxylic acids is 1. The molecule has 8 heteroatoms. The quantitative estimate of drug-likeness (QED) is 0.0214. The smallest absolute Gasteiger partial charge is 0.362 e. The summed E-state index contributed by atoms with van der Waals surface area (Å²) in [4.78, 5) is 37.2. The minimum Gasteiger partial charge on any atom is -0.477 e. The highest BCUT2D eigenvalue weighted by Gasteiger charge is 2.31. The van der Waals surface area contributed by atoms with Gasteiger partial charge in [-0.1, -0.05) is 190 Å². The van der Waals surface area contributed by atoms with Crippen LogP contribution in [-0.2, 0) is 28.6 Å². The molecule has 0 rings (SSSR count). The van der Waals surface area contributed by atoms with Gasteiger partial charge in [-0.25, -0.2) is 4.79 Å². The predicted octanol–water partition coefficient (Wildman–Crippen LogP) is 14.9. The van der Waals surface area contributed by atoms with Gasteiger partial charge in [0.15, 0.2) is 12.1 Å². The van der Waals surface area contributed by atoms with Crippen LogP contribution in [0.2, 0.25) is 0 Å². The van der Waals surface area contributed by atoms with Crippen molar-refractivity contribution in [2.24, 2.45) is 0 Å². The van der Waals surface area contributed by atoms with Gasteiger partial charge in [0, 0.05) is 19.3 Å². The number of carbonyl (C=O) groups is 3. The van der Waals surface area contributed by atoms with Crippen molar-refractivity contribution in [2.75, 3.05) is 41.0 Å². The molecule has 0 aliphatic carbocycles. The van der Waals surface area contributed by atoms with E-state index in [9.17, 15) is 19.5 Å². The number of carbonyl (C=O) groups excluding carboxylic acids is 2. The van der Waals surface area contributed by atoms with E-state index in [2.05, 4.69) is 74.6 Å². The number of hydrogen-bond acceptors (Lipinski definition) is 6. The third-order valence-corrected chi connectivity index (χ3v) is 11.4. The molecule has 2 unspecified atom stereocenters. The summed E-state index contributed by atoms with van der Waals surface area (Å²) >= 11 is 0. The summed E-state index contributed by atoms with van der Waals surface area (Å²) in [7, 11) is 5.53. The number of hydrogen-bond donors (Lipinski definition) is 1. The van der Waals surface area contributed by atoms with Crippen LogP contribution in [0.15, 0.2) is 60.8 Å². The van der Waals surface area contributed by atoms with E-state index in [0.29, 0.717) is 19.3 Å². The fourth-order valence-electron chi connectivity index (χ4n) is 7.45. The first-order valence-corrected chi connectivity index (χ1v) is 25.8. The molecule has 2 atom stereocenters. The molecule has 0 saturated heterocycles. The zero-order valence-corrected chi connectivity index (χ0v) is 41.5. The summed E-state index contributed by atoms with van der Waals surface area (Å²) in [5.74, 6) is -1.49. The highest BCUT2D eigenvalue weighted by atomic mass is 16.6. The molecule has 0 fully saturated rings. The molecule has 1 N–H and O–H groups in total. The van der Waals surface area contributed by atoms with E-state index >= 15 is 0 Å². The largest absolute Gasteiger partial charge is 0.477 e. The molecule has 0 aromatic heterocycles. The Morgan fingerprint density at radius 3 is 1.41 bits per heavy atom. The van der Waals surface area contributed by atoms with Crippen molar-refractivity contribution in [3.05, 3.63) is 60.8 Å². The van der Waals surface area contributed by atoms with Crippen molar-refractivity contribution in [1.82, 2.24) is 0 Å². The lowest BCUT2D eigenvalue weighted by atomic mass is 10.0. The number of likely N-dealkylation sites (N-methyl/N-ethyl adjacent to an activating group) is 1. The van der Waals surface area contributed by atoms with Gasteiger partial charge >= 0.3 is 17.9 Å². The molecule has 0 bridgehead atoms. The van der Waals surface area contributed by atoms with E-state index in [0.717, 1.165) is 77.0 Å². The lowest BCUT2D eigenvalue weighted by molar-refractivity contribution is -0.887. The number of allylic oxidation sites excluding steroid dienone is 10. The molecule has 0 saturated carbocycles. The Bertz CT molecular complexity index is 1210. The molecule has 364 valence electrons. The number of carboxylic acids is 1. The summed E-state index contributed by atoms with van der Waals surface area (Å²) in [6.45, 7) is 4.62. The van der Waals surface area contributed by atoms with Crippen molar-refractivity contribution >= 4 is 17.9 Å². The van der Waals surface area contributed by atoms with E-state index in [1.54, 1.807) is 0 Å². The van der Waals surface area contributed by atoms with Gasteiger partial charge in [0.05, 0.1) is 34.4 Å². The fraction of sp³-hybridized carbons (Fsp3) is 0.764. The molecular formula is C55H98NO7+. The van der Waals surface area contributed by atoms with Crippen molar-refractivity contribution < 1.29 is 38.2 Å². The Hall–Kier alpha value is -2.97. The maximum atomic E-state index is 12.8. The maximum absolute atomic E-state index is 12.8. The highest BCUT2D eigenvalue weighted by Crippen LogP contribution is 2.15. The number of carboxylic acid groups (broad SMARTS) is 1. The van der Waals surface area contributed by atoms with Crippen LogP contribution in [0.5, 0.6) is 0 Å². The standard InChI is InChI=1S/C55H97NO7/c1-6-8-10-12-14-16-18-20-22-24-26-27-28-30-32-34-36-38-40-42-44-46-54(58)63-51(49-61-48-47-52(55(59)60)56(3,4)5)50-62-53(57)45-43-41-39-37-35-33-31-29-25-23-21-19-17-15-13-11-9-7-2/h8,10,14,16,20,22-23,25,29,31,51-52H,6-7,9,11-13,15,17-19,21,24,26-28,30,32-50H2,1-5H3/p+1/b10-8+,16-14+,22-20+,25-23+,31-29+. The molecule has 63 heavy (non-hydrogen) atoms. The van der Waals surface area contributed by atoms with E-state index in [1.807, 2.05) is 21.1 Å². The first kappa shape index (κ1) is 60.0. The second-order valence-corrected chi connectivity index (χ2v) is 18.4. The van der Waals surface area contributed by atoms with Gasteiger partial charge in [-0.3, -0.25) is 9.59 Å². The van der Waals surface area contributed by atoms with Crippen molar-refractivity contribution in [3.63, 3.8) is 0 Å². The molecule has 8 nitrogen and oxygen atoms in total. The molecule has 0 aliphatic heterocycles. The van der Waals surface area contributed by atoms with Crippen LogP contribution >= 0.6 is 0 Å². The highest BCUT2D eigenvalue weighted by molar-refractivity contribution is 5.72. The van der Waals surface area contributed by atoms with Gasteiger partial charge in [0.2, 0.25) is 0 Å². The minimum absolute atomic E-state index is 0.0540. The molecule has 0 aliphatic rings. The van der Waals surface area contributed by atoms with Gasteiger partial charge < -0.3 is 23.8 Å². The summed E-state index contributed by atoms with van der Waals surface area (Å²) in [6.07, 6.45) is 57.0. The molecule has 0 amide bonds. The fourth-order valence-corrected chi connectivity index (χ4v) is 7.45. The summed E-state index contributed by atoms with van der Waals surface area (Å²) < 4.78 is 17.3. The van der Waals surface area contributed by atoms with Gasteiger partial charge in [-0.2, -0.15) is 0 Å². The number of quaternary nitrogens is 1. The van der Waals surface area contributed by atoms with Crippen molar-refractivity contribution in [2.45, 2.75) is 231 Å². The van der Waals surface area contributed by atoms with Gasteiger partial charge in [-0.05, 0) is 70.6 Å². The Labute approximate surface area is 388 Å². The van der Waals surface area contributed by atoms with Crippen molar-refractivity contribution in [3.8, 4) is 0 Å². The molecule has 0 radical (unpaired) electrons. The van der Waals surface area contributed by atoms with E-state index in [-0.39, 0.29) is 36.2 Å². The topological polar surface area (TPSA) is 99.1 Å². The van der Waals surface area contributed by atoms with Crippen LogP contribution in [-0.4, -0.2) is 80.6 Å². The molecule has 0 spiro atoms. The molecule has 0 aromatic rings. The lowest BCUT2D eigenvalue weighted by Gasteiger charge is -2.31. The summed E-state index contributed by atoms with van der Waals surface area (Å²) in [5.41, 5.74) is 0. The van der Waals surface area contributed by atoms with Gasteiger partial charge in [-0.15, -0.1) is 0 Å². The normalized spacial score (nSPS) is 13.3. The number of nitrogens with zero attached hydrogens (tertiary/aromatic N) is 1. The predicted molar refractivity (Wildman–Crippen MR) is 266 cm³/mol. The minimum atomic E-state index is -0.878. The summed E-state index contributed by atoms with van der Waals surface area (Å²) in [6, 6.07) is -0.620. The van der Waals surface area contributed by atoms with E-state index < -0.39 is 18.1 Å². The maximum Gasteiger partial charge on any atom is 0.362 e. The third-order valence-electron chi connectivity index (χ3n) is 11.4. The van der Waals surface area contributed by atoms with Crippen LogP contribution in [0, 0.1) is 0 Å². The lowest BCUT2D eigenvalue weighted by Crippen LogP contribution is -2.50. The monoisotopic (exact) mass is 885 g/mol. The van der Waals surface area contributed by atoms with Gasteiger partial charge in [0.1, 0.15) is 6.61 Å².